The lowest BCUT2D eigenvalue weighted by molar-refractivity contribution is 0.386. The van der Waals surface area contributed by atoms with Gasteiger partial charge >= 0.3 is 0 Å². The minimum absolute atomic E-state index is 0.268. The SMILES string of the molecule is CCC(CC)CNC1CCCC1C#N. The number of rotatable bonds is 5. The van der Waals surface area contributed by atoms with Crippen LogP contribution in [0, 0.1) is 23.2 Å². The molecule has 0 amide bonds. The van der Waals surface area contributed by atoms with Crippen molar-refractivity contribution in [2.24, 2.45) is 11.8 Å². The minimum Gasteiger partial charge on any atom is -0.312 e. The Kier molecular flexibility index (Phi) is 4.97. The Morgan fingerprint density at radius 2 is 2.07 bits per heavy atom. The van der Waals surface area contributed by atoms with Gasteiger partial charge in [-0.2, -0.15) is 5.26 Å². The molecular formula is C12H22N2. The maximum absolute atomic E-state index is 8.93. The zero-order chi connectivity index (χ0) is 10.4. The fraction of sp³-hybridized carbons (Fsp3) is 0.917. The molecule has 0 aromatic rings. The van der Waals surface area contributed by atoms with Crippen LogP contribution in [-0.2, 0) is 0 Å². The predicted octanol–water partition coefficient (Wildman–Crippen LogP) is 2.70. The molecule has 1 N–H and O–H groups in total. The predicted molar refractivity (Wildman–Crippen MR) is 58.8 cm³/mol. The van der Waals surface area contributed by atoms with Crippen LogP contribution >= 0.6 is 0 Å². The monoisotopic (exact) mass is 194 g/mol. The summed E-state index contributed by atoms with van der Waals surface area (Å²) in [5, 5.41) is 12.5. The summed E-state index contributed by atoms with van der Waals surface area (Å²) in [6.07, 6.45) is 6.00. The van der Waals surface area contributed by atoms with Gasteiger partial charge in [0.15, 0.2) is 0 Å². The molecule has 1 aliphatic rings. The van der Waals surface area contributed by atoms with Crippen molar-refractivity contribution < 1.29 is 0 Å². The molecule has 2 unspecified atom stereocenters. The number of hydrogen-bond donors (Lipinski definition) is 1. The summed E-state index contributed by atoms with van der Waals surface area (Å²) in [7, 11) is 0. The fourth-order valence-electron chi connectivity index (χ4n) is 2.25. The molecule has 0 aliphatic heterocycles. The van der Waals surface area contributed by atoms with Crippen LogP contribution in [0.5, 0.6) is 0 Å². The summed E-state index contributed by atoms with van der Waals surface area (Å²) in [5.74, 6) is 1.05. The van der Waals surface area contributed by atoms with Crippen LogP contribution in [0.1, 0.15) is 46.0 Å². The van der Waals surface area contributed by atoms with Crippen molar-refractivity contribution >= 4 is 0 Å². The third-order valence-electron chi connectivity index (χ3n) is 3.51. The molecule has 0 saturated heterocycles. The van der Waals surface area contributed by atoms with Gasteiger partial charge in [-0.1, -0.05) is 33.1 Å². The van der Waals surface area contributed by atoms with E-state index in [1.165, 1.54) is 25.7 Å². The summed E-state index contributed by atoms with van der Waals surface area (Å²) >= 11 is 0. The van der Waals surface area contributed by atoms with Crippen LogP contribution < -0.4 is 5.32 Å². The quantitative estimate of drug-likeness (QED) is 0.730. The van der Waals surface area contributed by atoms with Crippen molar-refractivity contribution in [3.8, 4) is 6.07 Å². The Hall–Kier alpha value is -0.550. The first-order valence-corrected chi connectivity index (χ1v) is 5.94. The molecule has 1 saturated carbocycles. The Morgan fingerprint density at radius 1 is 1.36 bits per heavy atom. The zero-order valence-corrected chi connectivity index (χ0v) is 9.42. The first-order valence-electron chi connectivity index (χ1n) is 5.94. The normalized spacial score (nSPS) is 26.7. The van der Waals surface area contributed by atoms with Gasteiger partial charge in [0, 0.05) is 6.04 Å². The second kappa shape index (κ2) is 6.03. The van der Waals surface area contributed by atoms with E-state index in [9.17, 15) is 0 Å². The number of nitrogens with one attached hydrogen (secondary N) is 1. The van der Waals surface area contributed by atoms with Gasteiger partial charge in [-0.25, -0.2) is 0 Å². The fourth-order valence-corrected chi connectivity index (χ4v) is 2.25. The van der Waals surface area contributed by atoms with E-state index in [1.54, 1.807) is 0 Å². The van der Waals surface area contributed by atoms with Crippen molar-refractivity contribution in [1.29, 1.82) is 5.26 Å². The Balaban J connectivity index is 2.27. The summed E-state index contributed by atoms with van der Waals surface area (Å²) in [4.78, 5) is 0. The highest BCUT2D eigenvalue weighted by Gasteiger charge is 2.26. The van der Waals surface area contributed by atoms with Crippen LogP contribution in [0.3, 0.4) is 0 Å². The van der Waals surface area contributed by atoms with E-state index in [-0.39, 0.29) is 5.92 Å². The molecule has 2 nitrogen and oxygen atoms in total. The Morgan fingerprint density at radius 3 is 2.64 bits per heavy atom. The van der Waals surface area contributed by atoms with Crippen molar-refractivity contribution in [3.63, 3.8) is 0 Å². The molecule has 1 fully saturated rings. The highest BCUT2D eigenvalue weighted by Crippen LogP contribution is 2.25. The molecule has 14 heavy (non-hydrogen) atoms. The Bertz CT molecular complexity index is 191. The summed E-state index contributed by atoms with van der Waals surface area (Å²) in [6.45, 7) is 5.58. The van der Waals surface area contributed by atoms with Gasteiger partial charge in [0.1, 0.15) is 0 Å². The molecule has 0 aromatic carbocycles. The van der Waals surface area contributed by atoms with Gasteiger partial charge in [0.2, 0.25) is 0 Å². The first kappa shape index (κ1) is 11.5. The molecule has 0 radical (unpaired) electrons. The summed E-state index contributed by atoms with van der Waals surface area (Å²) in [6, 6.07) is 2.88. The van der Waals surface area contributed by atoms with Crippen LogP contribution in [0.15, 0.2) is 0 Å². The first-order chi connectivity index (χ1) is 6.81. The van der Waals surface area contributed by atoms with Crippen LogP contribution in [0.4, 0.5) is 0 Å². The molecule has 0 bridgehead atoms. The van der Waals surface area contributed by atoms with E-state index in [1.807, 2.05) is 0 Å². The molecule has 2 heteroatoms. The van der Waals surface area contributed by atoms with Crippen molar-refractivity contribution in [2.45, 2.75) is 52.0 Å². The molecule has 80 valence electrons. The largest absolute Gasteiger partial charge is 0.312 e. The van der Waals surface area contributed by atoms with Crippen molar-refractivity contribution in [3.05, 3.63) is 0 Å². The molecule has 1 rings (SSSR count). The topological polar surface area (TPSA) is 35.8 Å². The molecule has 0 heterocycles. The highest BCUT2D eigenvalue weighted by molar-refractivity contribution is 4.96. The molecule has 2 atom stereocenters. The van der Waals surface area contributed by atoms with Crippen molar-refractivity contribution in [2.75, 3.05) is 6.54 Å². The smallest absolute Gasteiger partial charge is 0.0672 e. The average Bonchev–Trinajstić information content (AvgIpc) is 2.67. The van der Waals surface area contributed by atoms with Crippen LogP contribution in [0.2, 0.25) is 0 Å². The third kappa shape index (κ3) is 2.99. The zero-order valence-electron chi connectivity index (χ0n) is 9.42. The van der Waals surface area contributed by atoms with Crippen LogP contribution in [0.25, 0.3) is 0 Å². The van der Waals surface area contributed by atoms with Gasteiger partial charge < -0.3 is 5.32 Å². The van der Waals surface area contributed by atoms with E-state index >= 15 is 0 Å². The van der Waals surface area contributed by atoms with Gasteiger partial charge in [-0.05, 0) is 25.3 Å². The van der Waals surface area contributed by atoms with E-state index in [2.05, 4.69) is 25.2 Å². The molecule has 1 aliphatic carbocycles. The van der Waals surface area contributed by atoms with E-state index in [4.69, 9.17) is 5.26 Å². The molecule has 0 aromatic heterocycles. The van der Waals surface area contributed by atoms with E-state index in [0.717, 1.165) is 18.9 Å². The lowest BCUT2D eigenvalue weighted by Crippen LogP contribution is -2.35. The van der Waals surface area contributed by atoms with E-state index in [0.29, 0.717) is 6.04 Å². The minimum atomic E-state index is 0.268. The average molecular weight is 194 g/mol. The van der Waals surface area contributed by atoms with Crippen LogP contribution in [-0.4, -0.2) is 12.6 Å². The number of nitriles is 1. The highest BCUT2D eigenvalue weighted by atomic mass is 14.9. The van der Waals surface area contributed by atoms with Crippen molar-refractivity contribution in [1.82, 2.24) is 5.32 Å². The lowest BCUT2D eigenvalue weighted by atomic mass is 10.0. The standard InChI is InChI=1S/C12H22N2/c1-3-10(4-2)9-14-12-7-5-6-11(12)8-13/h10-12,14H,3-7,9H2,1-2H3. The Labute approximate surface area is 87.7 Å². The summed E-state index contributed by atoms with van der Waals surface area (Å²) in [5.41, 5.74) is 0. The number of nitrogens with zero attached hydrogens (tertiary/aromatic N) is 1. The molecular weight excluding hydrogens is 172 g/mol. The maximum Gasteiger partial charge on any atom is 0.0672 e. The van der Waals surface area contributed by atoms with Gasteiger partial charge in [-0.15, -0.1) is 0 Å². The lowest BCUT2D eigenvalue weighted by Gasteiger charge is -2.19. The van der Waals surface area contributed by atoms with Gasteiger partial charge in [0.05, 0.1) is 12.0 Å². The third-order valence-corrected chi connectivity index (χ3v) is 3.51. The second-order valence-corrected chi connectivity index (χ2v) is 4.36. The van der Waals surface area contributed by atoms with Gasteiger partial charge in [0.25, 0.3) is 0 Å². The maximum atomic E-state index is 8.93. The summed E-state index contributed by atoms with van der Waals surface area (Å²) < 4.78 is 0. The number of hydrogen-bond acceptors (Lipinski definition) is 2. The second-order valence-electron chi connectivity index (χ2n) is 4.36. The van der Waals surface area contributed by atoms with E-state index < -0.39 is 0 Å². The van der Waals surface area contributed by atoms with Gasteiger partial charge in [-0.3, -0.25) is 0 Å². The molecule has 0 spiro atoms.